The van der Waals surface area contributed by atoms with E-state index in [0.29, 0.717) is 24.4 Å². The third-order valence-corrected chi connectivity index (χ3v) is 7.59. The Bertz CT molecular complexity index is 1310. The van der Waals surface area contributed by atoms with E-state index in [1.54, 1.807) is 18.2 Å². The van der Waals surface area contributed by atoms with Gasteiger partial charge in [0.25, 0.3) is 5.91 Å². The number of rotatable bonds is 5. The number of nitrogens with zero attached hydrogens (tertiary/aromatic N) is 5. The van der Waals surface area contributed by atoms with Gasteiger partial charge in [-0.3, -0.25) is 4.79 Å². The van der Waals surface area contributed by atoms with Crippen LogP contribution in [0.15, 0.2) is 42.6 Å². The van der Waals surface area contributed by atoms with Crippen molar-refractivity contribution in [2.75, 3.05) is 30.8 Å². The van der Waals surface area contributed by atoms with E-state index in [1.807, 2.05) is 12.1 Å². The number of fused-ring (bicyclic) bond motifs is 1. The van der Waals surface area contributed by atoms with Crippen LogP contribution in [-0.2, 0) is 10.0 Å². The summed E-state index contributed by atoms with van der Waals surface area (Å²) < 4.78 is 40.1. The Hall–Kier alpha value is -3.05. The van der Waals surface area contributed by atoms with Crippen molar-refractivity contribution in [2.24, 2.45) is 0 Å². The van der Waals surface area contributed by atoms with Crippen LogP contribution in [0.1, 0.15) is 41.4 Å². The molecule has 0 spiro atoms. The highest BCUT2D eigenvalue weighted by Gasteiger charge is 2.31. The van der Waals surface area contributed by atoms with Crippen LogP contribution in [0.2, 0.25) is 0 Å². The Morgan fingerprint density at radius 2 is 2.03 bits per heavy atom. The summed E-state index contributed by atoms with van der Waals surface area (Å²) in [6.45, 7) is 1.41. The van der Waals surface area contributed by atoms with Crippen LogP contribution >= 0.6 is 0 Å². The fourth-order valence-corrected chi connectivity index (χ4v) is 5.57. The summed E-state index contributed by atoms with van der Waals surface area (Å²) in [5.41, 5.74) is 1.72. The molecule has 0 aliphatic carbocycles. The average Bonchev–Trinajstić information content (AvgIpc) is 3.51. The summed E-state index contributed by atoms with van der Waals surface area (Å²) in [6.07, 6.45) is 5.04. The minimum Gasteiger partial charge on any atom is -0.348 e. The first kappa shape index (κ1) is 21.8. The smallest absolute Gasteiger partial charge is 0.271 e. The van der Waals surface area contributed by atoms with Crippen molar-refractivity contribution in [3.05, 3.63) is 59.7 Å². The summed E-state index contributed by atoms with van der Waals surface area (Å²) in [6, 6.07) is 10.0. The van der Waals surface area contributed by atoms with Crippen LogP contribution < -0.4 is 10.2 Å². The van der Waals surface area contributed by atoms with Crippen molar-refractivity contribution in [1.82, 2.24) is 24.2 Å². The fraction of sp³-hybridized carbons (Fsp3) is 0.409. The summed E-state index contributed by atoms with van der Waals surface area (Å²) in [7, 11) is -3.28. The number of sulfonamides is 1. The maximum atomic E-state index is 13.8. The summed E-state index contributed by atoms with van der Waals surface area (Å²) in [5, 5.41) is 7.59. The van der Waals surface area contributed by atoms with Crippen molar-refractivity contribution in [2.45, 2.75) is 31.3 Å². The predicted octanol–water partition coefficient (Wildman–Crippen LogP) is 1.97. The van der Waals surface area contributed by atoms with Crippen molar-refractivity contribution >= 4 is 27.4 Å². The van der Waals surface area contributed by atoms with Gasteiger partial charge in [-0.05, 0) is 49.1 Å². The van der Waals surface area contributed by atoms with Crippen LogP contribution in [0.25, 0.3) is 5.65 Å². The number of imidazole rings is 1. The molecule has 1 amide bonds. The molecule has 174 valence electrons. The number of hydrogen-bond acceptors (Lipinski definition) is 6. The highest BCUT2D eigenvalue weighted by molar-refractivity contribution is 7.88. The van der Waals surface area contributed by atoms with E-state index in [0.717, 1.165) is 24.9 Å². The number of amides is 1. The first-order valence-corrected chi connectivity index (χ1v) is 12.8. The van der Waals surface area contributed by atoms with E-state index in [9.17, 15) is 17.6 Å². The molecule has 0 bridgehead atoms. The number of carbonyl (C=O) groups excluding carboxylic acids is 1. The monoisotopic (exact) mass is 472 g/mol. The summed E-state index contributed by atoms with van der Waals surface area (Å²) in [5.74, 6) is 0.0683. The minimum atomic E-state index is -3.28. The van der Waals surface area contributed by atoms with Gasteiger partial charge >= 0.3 is 0 Å². The van der Waals surface area contributed by atoms with Crippen LogP contribution in [0.3, 0.4) is 0 Å². The number of anilines is 1. The van der Waals surface area contributed by atoms with Gasteiger partial charge in [0.1, 0.15) is 11.6 Å². The number of benzene rings is 1. The van der Waals surface area contributed by atoms with Gasteiger partial charge in [0.05, 0.1) is 18.5 Å². The third-order valence-electron chi connectivity index (χ3n) is 6.32. The predicted molar refractivity (Wildman–Crippen MR) is 121 cm³/mol. The molecule has 2 fully saturated rings. The third kappa shape index (κ3) is 4.30. The second-order valence-corrected chi connectivity index (χ2v) is 10.6. The van der Waals surface area contributed by atoms with E-state index in [2.05, 4.69) is 20.3 Å². The van der Waals surface area contributed by atoms with Crippen LogP contribution in [0.5, 0.6) is 0 Å². The SMILES string of the molecule is CS(=O)(=O)N1CC[C@@H](NC(=O)c2cnc3ccc(N4CCC[C@@H]4c4cccc(F)c4)nn23)C1. The molecule has 0 radical (unpaired) electrons. The Kier molecular flexibility index (Phi) is 5.53. The molecule has 3 aromatic rings. The van der Waals surface area contributed by atoms with E-state index in [4.69, 9.17) is 0 Å². The van der Waals surface area contributed by atoms with Gasteiger partial charge in [-0.1, -0.05) is 12.1 Å². The maximum absolute atomic E-state index is 13.8. The topological polar surface area (TPSA) is 99.9 Å². The Balaban J connectivity index is 1.38. The van der Waals surface area contributed by atoms with Crippen molar-refractivity contribution in [3.8, 4) is 0 Å². The molecular weight excluding hydrogens is 447 g/mol. The molecule has 2 aromatic heterocycles. The van der Waals surface area contributed by atoms with Gasteiger partial charge in [0.15, 0.2) is 11.3 Å². The second kappa shape index (κ2) is 8.38. The average molecular weight is 473 g/mol. The van der Waals surface area contributed by atoms with Crippen molar-refractivity contribution in [1.29, 1.82) is 0 Å². The standard InChI is InChI=1S/C22H25FN6O3S/c1-33(31,32)27-11-9-17(14-27)25-22(30)19-13-24-20-7-8-21(26-29(19)20)28-10-3-6-18(28)15-4-2-5-16(23)12-15/h2,4-5,7-8,12-13,17-18H,3,6,9-11,14H2,1H3,(H,25,30)/t17-,18-/m1/s1. The molecule has 9 nitrogen and oxygen atoms in total. The molecule has 5 rings (SSSR count). The van der Waals surface area contributed by atoms with E-state index in [1.165, 1.54) is 27.3 Å². The number of halogens is 1. The van der Waals surface area contributed by atoms with Crippen LogP contribution in [-0.4, -0.2) is 65.2 Å². The Morgan fingerprint density at radius 3 is 2.79 bits per heavy atom. The highest BCUT2D eigenvalue weighted by atomic mass is 32.2. The lowest BCUT2D eigenvalue weighted by Gasteiger charge is -2.26. The Labute approximate surface area is 191 Å². The lowest BCUT2D eigenvalue weighted by molar-refractivity contribution is 0.0932. The molecule has 1 aromatic carbocycles. The summed E-state index contributed by atoms with van der Waals surface area (Å²) in [4.78, 5) is 19.4. The van der Waals surface area contributed by atoms with E-state index in [-0.39, 0.29) is 36.0 Å². The molecule has 11 heteroatoms. The molecule has 2 aliphatic rings. The zero-order chi connectivity index (χ0) is 23.2. The van der Waals surface area contributed by atoms with E-state index >= 15 is 0 Å². The quantitative estimate of drug-likeness (QED) is 0.610. The minimum absolute atomic E-state index is 0.00640. The highest BCUT2D eigenvalue weighted by Crippen LogP contribution is 2.35. The number of hydrogen-bond donors (Lipinski definition) is 1. The van der Waals surface area contributed by atoms with Crippen molar-refractivity contribution < 1.29 is 17.6 Å². The van der Waals surface area contributed by atoms with Crippen LogP contribution in [0.4, 0.5) is 10.2 Å². The largest absolute Gasteiger partial charge is 0.348 e. The van der Waals surface area contributed by atoms with Gasteiger partial charge in [0.2, 0.25) is 10.0 Å². The molecule has 4 heterocycles. The van der Waals surface area contributed by atoms with Gasteiger partial charge in [0, 0.05) is 25.7 Å². The molecule has 1 N–H and O–H groups in total. The fourth-order valence-electron chi connectivity index (χ4n) is 4.68. The molecule has 2 saturated heterocycles. The lowest BCUT2D eigenvalue weighted by atomic mass is 10.0. The number of aromatic nitrogens is 3. The zero-order valence-corrected chi connectivity index (χ0v) is 19.0. The molecular formula is C22H25FN6O3S. The lowest BCUT2D eigenvalue weighted by Crippen LogP contribution is -2.38. The maximum Gasteiger partial charge on any atom is 0.271 e. The number of carbonyl (C=O) groups is 1. The second-order valence-electron chi connectivity index (χ2n) is 8.59. The van der Waals surface area contributed by atoms with Crippen LogP contribution in [0, 0.1) is 5.82 Å². The zero-order valence-electron chi connectivity index (χ0n) is 18.2. The van der Waals surface area contributed by atoms with Gasteiger partial charge in [-0.15, -0.1) is 5.10 Å². The van der Waals surface area contributed by atoms with Gasteiger partial charge < -0.3 is 10.2 Å². The van der Waals surface area contributed by atoms with E-state index < -0.39 is 10.0 Å². The summed E-state index contributed by atoms with van der Waals surface area (Å²) >= 11 is 0. The normalized spacial score (nSPS) is 21.7. The first-order valence-electron chi connectivity index (χ1n) is 10.9. The first-order chi connectivity index (χ1) is 15.8. The van der Waals surface area contributed by atoms with Gasteiger partial charge in [-0.25, -0.2) is 26.6 Å². The molecule has 33 heavy (non-hydrogen) atoms. The molecule has 2 atom stereocenters. The molecule has 0 saturated carbocycles. The van der Waals surface area contributed by atoms with Gasteiger partial charge in [-0.2, -0.15) is 0 Å². The van der Waals surface area contributed by atoms with Crippen molar-refractivity contribution in [3.63, 3.8) is 0 Å². The molecule has 2 aliphatic heterocycles. The Morgan fingerprint density at radius 1 is 1.18 bits per heavy atom. The number of nitrogens with one attached hydrogen (secondary N) is 1. The molecule has 0 unspecified atom stereocenters.